The van der Waals surface area contributed by atoms with Crippen LogP contribution in [0.3, 0.4) is 0 Å². The summed E-state index contributed by atoms with van der Waals surface area (Å²) >= 11 is -1.61. The molecular weight excluding hydrogens is 1050 g/mol. The van der Waals surface area contributed by atoms with Gasteiger partial charge in [-0.1, -0.05) is 61.8 Å². The summed E-state index contributed by atoms with van der Waals surface area (Å²) in [7, 11) is 11.3. The third-order valence-electron chi connectivity index (χ3n) is 11.1. The molecule has 3 N–H and O–H groups in total. The summed E-state index contributed by atoms with van der Waals surface area (Å²) in [6, 6.07) is 9.89. The molecule has 7 rings (SSSR count). The van der Waals surface area contributed by atoms with E-state index in [9.17, 15) is 4.79 Å². The van der Waals surface area contributed by atoms with Gasteiger partial charge in [-0.05, 0) is 104 Å². The van der Waals surface area contributed by atoms with E-state index in [1.54, 1.807) is 141 Å². The molecule has 1 saturated heterocycles. The molecule has 15 heteroatoms. The van der Waals surface area contributed by atoms with Gasteiger partial charge in [0.1, 0.15) is 11.7 Å². The minimum Gasteiger partial charge on any atom is -1.00 e. The first-order valence-corrected chi connectivity index (χ1v) is 31.7. The van der Waals surface area contributed by atoms with Gasteiger partial charge in [-0.3, -0.25) is 0 Å². The Balaban J connectivity index is -0.000000797. The number of halogens is 2. The van der Waals surface area contributed by atoms with Crippen LogP contribution in [-0.2, 0) is 41.9 Å². The summed E-state index contributed by atoms with van der Waals surface area (Å²) in [4.78, 5) is 11.2. The summed E-state index contributed by atoms with van der Waals surface area (Å²) < 4.78 is 31.5. The number of carbonyl (C=O) groups excluding carboxylic acids is 1. The average Bonchev–Trinajstić information content (AvgIpc) is 4.19. The maximum absolute atomic E-state index is 11.2. The van der Waals surface area contributed by atoms with Gasteiger partial charge in [0.2, 0.25) is 0 Å². The molecule has 0 radical (unpaired) electrons. The van der Waals surface area contributed by atoms with Crippen molar-refractivity contribution in [2.75, 3.05) is 52.9 Å². The summed E-state index contributed by atoms with van der Waals surface area (Å²) in [6.45, 7) is 22.8. The molecule has 400 valence electrons. The number of hydrogen-bond acceptors (Lipinski definition) is 10. The molecule has 4 unspecified atom stereocenters. The topological polar surface area (TPSA) is 136 Å². The van der Waals surface area contributed by atoms with E-state index < -0.39 is 31.4 Å². The largest absolute Gasteiger partial charge is 1.00 e. The number of ether oxygens (including phenoxy) is 6. The van der Waals surface area contributed by atoms with E-state index in [0.29, 0.717) is 45.7 Å². The van der Waals surface area contributed by atoms with Crippen molar-refractivity contribution < 1.29 is 93.0 Å². The molecule has 1 aromatic rings. The number of hydrogen-bond donors (Lipinski definition) is 3. The second kappa shape index (κ2) is 46.7. The van der Waals surface area contributed by atoms with Crippen molar-refractivity contribution >= 4 is 38.1 Å². The minimum atomic E-state index is -1.61. The second-order valence-electron chi connectivity index (χ2n) is 18.0. The normalized spacial score (nSPS) is 21.2. The van der Waals surface area contributed by atoms with E-state index in [4.69, 9.17) is 63.1 Å². The first kappa shape index (κ1) is 71.2. The van der Waals surface area contributed by atoms with Gasteiger partial charge in [-0.2, -0.15) is 0 Å². The van der Waals surface area contributed by atoms with E-state index in [-0.39, 0.29) is 65.1 Å². The number of carbonyl (C=O) groups is 1. The van der Waals surface area contributed by atoms with Crippen LogP contribution in [0.5, 0.6) is 0 Å². The maximum atomic E-state index is 11.2. The summed E-state index contributed by atoms with van der Waals surface area (Å²) in [5.74, 6) is 0. The second-order valence-corrected chi connectivity index (χ2v) is 27.2. The summed E-state index contributed by atoms with van der Waals surface area (Å²) in [6.07, 6.45) is 35.8. The van der Waals surface area contributed by atoms with Crippen LogP contribution in [0.4, 0.5) is 4.79 Å². The van der Waals surface area contributed by atoms with Gasteiger partial charge < -0.3 is 52.6 Å². The van der Waals surface area contributed by atoms with E-state index in [1.807, 2.05) is 47.1 Å². The zero-order chi connectivity index (χ0) is 50.3. The zero-order valence-electron chi connectivity index (χ0n) is 44.5. The molecule has 1 aromatic carbocycles. The Morgan fingerprint density at radius 1 is 0.829 bits per heavy atom. The van der Waals surface area contributed by atoms with Crippen LogP contribution in [0.2, 0.25) is 0 Å². The quantitative estimate of drug-likeness (QED) is 0.0353. The fourth-order valence-electron chi connectivity index (χ4n) is 7.96. The Morgan fingerprint density at radius 2 is 1.31 bits per heavy atom. The van der Waals surface area contributed by atoms with Gasteiger partial charge in [0.15, 0.2) is 0 Å². The fraction of sp³-hybridized carbons (Fsp3) is 0.618. The number of aliphatic hydroxyl groups excluding tert-OH is 3. The zero-order valence-corrected chi connectivity index (χ0v) is 49.8. The molecule has 6 aliphatic rings. The van der Waals surface area contributed by atoms with Crippen LogP contribution in [0, 0.1) is 7.43 Å². The van der Waals surface area contributed by atoms with Gasteiger partial charge in [0.05, 0.1) is 88.1 Å². The van der Waals surface area contributed by atoms with Gasteiger partial charge in [0.25, 0.3) is 0 Å². The molecule has 4 fully saturated rings. The summed E-state index contributed by atoms with van der Waals surface area (Å²) in [5, 5.41) is 25.3. The Kier molecular flexibility index (Phi) is 47.5. The van der Waals surface area contributed by atoms with E-state index >= 15 is 0 Å². The molecule has 3 aliphatic heterocycles. The standard InChI is InChI=1S/C18H33P.C10H16O4.C7H12O2.C7H6.C5H8O2.C4H6O.C3H6O.CH3.2ClH.Na.Ru.H/c1-4-10-16(11-5-1)19(17-12-6-2-7-13-17)18-14-8-3-9-15-18;1-10(2,3)14-9(11)13-8-5-4-6-12-7-8;1-3-5-9-6-7(8)4-2;1-7-5-3-2-4-6-7;6-5-2-1-3-7-4-5;1-2-4-3-5-4;1-2-3-4;;;;;;/h16-18H,1-15H2;4-5,8H,6-7H2,1-3H3;3-4,7-8H,1-2,5-6H2;1-6H;1-2,5-6H,3-4H2;2,4H,1,3H2;2,4H,1,3H2;1H3;2*1H;;;/q;;;;;;;-1;;;+1;+2;-1/p-1. The van der Waals surface area contributed by atoms with Crippen molar-refractivity contribution in [3.8, 4) is 0 Å². The average molecular weight is 1140 g/mol. The Morgan fingerprint density at radius 3 is 1.63 bits per heavy atom. The van der Waals surface area contributed by atoms with Crippen molar-refractivity contribution in [1.82, 2.24) is 0 Å². The number of rotatable bonds is 12. The molecule has 10 nitrogen and oxygen atoms in total. The van der Waals surface area contributed by atoms with E-state index in [1.165, 1.54) is 29.1 Å². The number of aliphatic hydroxyl groups is 3. The molecule has 0 amide bonds. The monoisotopic (exact) mass is 1140 g/mol. The SMILES string of the molecule is C1CCC([PH+](C2CCCCC2)C2CCCCC2)CC1.C=CC1CO1.C=CCO.C=CCOCC(O)C=C.CC(C)(C)OC(=O)OC1C=CCOC1.OC1C=CCOC1.[CH3-].[Cl][Ru]([Cl])=[CH]c1ccccc1.[H-].[Na+]. The van der Waals surface area contributed by atoms with Crippen LogP contribution < -0.4 is 29.6 Å². The molecule has 3 heterocycles. The molecule has 0 bridgehead atoms. The van der Waals surface area contributed by atoms with Crippen LogP contribution in [0.15, 0.2) is 105 Å². The van der Waals surface area contributed by atoms with Crippen molar-refractivity contribution in [2.24, 2.45) is 0 Å². The predicted octanol–water partition coefficient (Wildman–Crippen LogP) is 9.83. The Bertz CT molecular complexity index is 1500. The van der Waals surface area contributed by atoms with Crippen LogP contribution in [0.25, 0.3) is 0 Å². The molecular formula is C55H92Cl2NaO10PRu. The van der Waals surface area contributed by atoms with Gasteiger partial charge in [-0.25, -0.2) is 4.79 Å². The maximum Gasteiger partial charge on any atom is 1.00 e. The Hall–Kier alpha value is -0.847. The smallest absolute Gasteiger partial charge is 1.00 e. The first-order chi connectivity index (χ1) is 32.8. The predicted molar refractivity (Wildman–Crippen MR) is 291 cm³/mol. The first-order valence-electron chi connectivity index (χ1n) is 24.5. The van der Waals surface area contributed by atoms with Crippen LogP contribution in [0.1, 0.15) is 124 Å². The fourth-order valence-corrected chi connectivity index (χ4v) is 15.0. The number of epoxide rings is 1. The van der Waals surface area contributed by atoms with E-state index in [0.717, 1.165) is 12.2 Å². The third kappa shape index (κ3) is 40.5. The van der Waals surface area contributed by atoms with Crippen molar-refractivity contribution in [3.63, 3.8) is 0 Å². The minimum absolute atomic E-state index is 0. The van der Waals surface area contributed by atoms with Crippen LogP contribution >= 0.6 is 27.3 Å². The van der Waals surface area contributed by atoms with Crippen molar-refractivity contribution in [1.29, 1.82) is 0 Å². The number of benzene rings is 1. The molecule has 70 heavy (non-hydrogen) atoms. The van der Waals surface area contributed by atoms with E-state index in [2.05, 4.69) is 26.3 Å². The van der Waals surface area contributed by atoms with Crippen molar-refractivity contribution in [3.05, 3.63) is 118 Å². The van der Waals surface area contributed by atoms with Gasteiger partial charge in [0, 0.05) is 7.92 Å². The molecule has 4 atom stereocenters. The van der Waals surface area contributed by atoms with Gasteiger partial charge in [-0.15, -0.1) is 26.3 Å². The third-order valence-corrected chi connectivity index (χ3v) is 17.5. The molecule has 0 aromatic heterocycles. The van der Waals surface area contributed by atoms with Gasteiger partial charge >= 0.3 is 109 Å². The van der Waals surface area contributed by atoms with Crippen LogP contribution in [-0.4, -0.2) is 126 Å². The molecule has 0 spiro atoms. The Labute approximate surface area is 462 Å². The molecule has 3 saturated carbocycles. The summed E-state index contributed by atoms with van der Waals surface area (Å²) in [5.41, 5.74) is 4.28. The molecule has 3 aliphatic carbocycles. The van der Waals surface area contributed by atoms with Crippen molar-refractivity contribution in [2.45, 2.75) is 164 Å².